The Balaban J connectivity index is 0.000000120. The zero-order chi connectivity index (χ0) is 97.4. The Bertz CT molecular complexity index is 7260. The SMILES string of the molecule is CC1=Cc2ccccc2OC1.CC1CCc2ccccc2C1.Cc1cc2ccccc2[nH]1.Cc1cc2ccccc2[nH]c1=O.Cc1cc2ccccc2cn1.Cc1cc2ccccc2o1.Cc1cc2ccccc2oc1=O.Cc1cc2ccccc2s1.Cc1ccc2ccccc2c1.Cc1cnc2ccccc2c1.Cc1nc2ccccc2[nH]1.Cc1nc2ccccc2o1.Cc1nc2ccccc2s1. The second kappa shape index (κ2) is 49.5. The third-order valence-corrected chi connectivity index (χ3v) is 24.6. The van der Waals surface area contributed by atoms with Crippen LogP contribution in [0.2, 0.25) is 0 Å². The molecule has 139 heavy (non-hydrogen) atoms. The molecule has 0 saturated carbocycles. The molecule has 24 aromatic rings. The van der Waals surface area contributed by atoms with E-state index in [2.05, 4.69) is 251 Å². The fourth-order valence-electron chi connectivity index (χ4n) is 15.7. The summed E-state index contributed by atoms with van der Waals surface area (Å²) in [5.41, 5.74) is 21.5. The normalized spacial score (nSPS) is 11.7. The number of para-hydroxylation sites is 11. The lowest BCUT2D eigenvalue weighted by Crippen LogP contribution is -2.10. The number of thiazole rings is 1. The Morgan fingerprint density at radius 1 is 0.353 bits per heavy atom. The molecule has 0 amide bonds. The Morgan fingerprint density at radius 3 is 1.57 bits per heavy atom. The standard InChI is InChI=1S/C11H14.C11H10.C10H9NO.2C10H9N.C10H8O2.C10H10O.C9H9N.C9H8O.C9H8S.C8H8N2.C8H7NO.C8H7NS/c2*1-9-6-7-10-4-2-3-5-11(10)8-9;1-7-6-8-4-2-3-5-9(8)11-10(7)12;1-8-6-9-4-2-3-5-10(9)7-11-8;1-8-6-9-4-2-3-5-10(9)11-7-8;1-7-6-8-4-2-3-5-9(8)12-10(7)11;1-8-6-9-4-2-3-5-10(9)11-7-8;3*1-7-6-8-4-2-3-5-9(8)10-7;3*1-6-9-7-4-2-3-5-8(7)10-6/h2-5,9H,6-8H2,1H3;2-8H,1H3;2-6H,1H3,(H,11,12);2*2-7H,1H3;2-6H,1H3;2-6H,7H2,1H3;2-6,10H,1H3;2*2-6H,1H3;2-5H,1H3,(H,9,10);2*2-5H,1H3. The molecule has 26 rings (SSSR count). The first-order valence-electron chi connectivity index (χ1n) is 46.6. The lowest BCUT2D eigenvalue weighted by molar-refractivity contribution is 0.347. The predicted octanol–water partition coefficient (Wildman–Crippen LogP) is 32.5. The minimum absolute atomic E-state index is 0.00583. The van der Waals surface area contributed by atoms with Crippen molar-refractivity contribution >= 4 is 147 Å². The number of imidazole rings is 1. The molecule has 1 aliphatic heterocycles. The van der Waals surface area contributed by atoms with Gasteiger partial charge in [0.1, 0.15) is 40.6 Å². The second-order valence-electron chi connectivity index (χ2n) is 34.4. The molecular formula is C123H116N8O6S2. The van der Waals surface area contributed by atoms with Gasteiger partial charge in [-0.15, -0.1) is 22.7 Å². The Morgan fingerprint density at radius 2 is 0.885 bits per heavy atom. The number of H-pyrrole nitrogens is 3. The summed E-state index contributed by atoms with van der Waals surface area (Å²) in [6, 6.07) is 127. The Labute approximate surface area is 819 Å². The lowest BCUT2D eigenvalue weighted by atomic mass is 9.85. The number of aromatic nitrogens is 8. The van der Waals surface area contributed by atoms with Crippen LogP contribution in [0.4, 0.5) is 0 Å². The average Bonchev–Trinajstić information content (AvgIpc) is 1.63. The van der Waals surface area contributed by atoms with Gasteiger partial charge in [-0.1, -0.05) is 267 Å². The minimum atomic E-state index is -0.256. The molecular weight excluding hydrogens is 1750 g/mol. The van der Waals surface area contributed by atoms with E-state index in [-0.39, 0.29) is 11.2 Å². The van der Waals surface area contributed by atoms with Crippen molar-refractivity contribution in [2.75, 3.05) is 6.61 Å². The number of hydrogen-bond donors (Lipinski definition) is 3. The number of oxazole rings is 1. The number of benzene rings is 14. The van der Waals surface area contributed by atoms with E-state index >= 15 is 0 Å². The maximum atomic E-state index is 11.2. The van der Waals surface area contributed by atoms with E-state index in [0.29, 0.717) is 11.1 Å². The highest BCUT2D eigenvalue weighted by Gasteiger charge is 2.14. The molecule has 0 spiro atoms. The van der Waals surface area contributed by atoms with Gasteiger partial charge in [-0.25, -0.2) is 19.7 Å². The monoisotopic (exact) mass is 1860 g/mol. The van der Waals surface area contributed by atoms with Gasteiger partial charge in [-0.05, 0) is 283 Å². The summed E-state index contributed by atoms with van der Waals surface area (Å²) in [6.07, 6.45) is 9.91. The largest absolute Gasteiger partial charge is 0.489 e. The van der Waals surface area contributed by atoms with Crippen LogP contribution in [0.25, 0.3) is 125 Å². The summed E-state index contributed by atoms with van der Waals surface area (Å²) in [7, 11) is 0. The number of aromatic amines is 3. The zero-order valence-corrected chi connectivity index (χ0v) is 82.6. The number of nitrogens with one attached hydrogen (secondary N) is 3. The highest BCUT2D eigenvalue weighted by molar-refractivity contribution is 7.19. The lowest BCUT2D eigenvalue weighted by Gasteiger charge is -2.20. The van der Waals surface area contributed by atoms with Crippen LogP contribution < -0.4 is 15.9 Å². The number of ether oxygens (including phenoxy) is 1. The third kappa shape index (κ3) is 29.5. The summed E-state index contributed by atoms with van der Waals surface area (Å²) in [6.45, 7) is 26.9. The van der Waals surface area contributed by atoms with Gasteiger partial charge in [-0.2, -0.15) is 0 Å². The first-order chi connectivity index (χ1) is 67.5. The first kappa shape index (κ1) is 99.0. The summed E-state index contributed by atoms with van der Waals surface area (Å²) in [5, 5.41) is 13.4. The summed E-state index contributed by atoms with van der Waals surface area (Å²) >= 11 is 3.59. The number of aryl methyl sites for hydroxylation is 12. The molecule has 0 fully saturated rings. The molecule has 0 bridgehead atoms. The molecule has 0 saturated heterocycles. The number of hydrogen-bond acceptors (Lipinski definition) is 13. The van der Waals surface area contributed by atoms with Gasteiger partial charge in [0.2, 0.25) is 0 Å². The number of thiophene rings is 1. The molecule has 2 aliphatic rings. The molecule has 3 N–H and O–H groups in total. The molecule has 10 aromatic heterocycles. The third-order valence-electron chi connectivity index (χ3n) is 22.6. The summed E-state index contributed by atoms with van der Waals surface area (Å²) in [5.74, 6) is 4.56. The fraction of sp³-hybridized carbons (Fsp3) is 0.146. The Hall–Kier alpha value is -16.0. The van der Waals surface area contributed by atoms with Crippen LogP contribution in [0.5, 0.6) is 5.75 Å². The highest BCUT2D eigenvalue weighted by Crippen LogP contribution is 2.29. The molecule has 1 atom stereocenters. The topological polar surface area (TPSA) is 195 Å². The van der Waals surface area contributed by atoms with Crippen molar-refractivity contribution < 1.29 is 18.0 Å². The van der Waals surface area contributed by atoms with E-state index in [1.54, 1.807) is 35.5 Å². The van der Waals surface area contributed by atoms with Crippen LogP contribution in [-0.4, -0.2) is 46.5 Å². The average molecular weight is 1870 g/mol. The second-order valence-corrected chi connectivity index (χ2v) is 36.9. The molecule has 1 unspecified atom stereocenters. The van der Waals surface area contributed by atoms with Gasteiger partial charge in [-0.3, -0.25) is 14.8 Å². The summed E-state index contributed by atoms with van der Waals surface area (Å²) in [4.78, 5) is 54.1. The predicted molar refractivity (Wildman–Crippen MR) is 586 cm³/mol. The molecule has 0 radical (unpaired) electrons. The molecule has 11 heterocycles. The maximum Gasteiger partial charge on any atom is 0.339 e. The van der Waals surface area contributed by atoms with Gasteiger partial charge in [0, 0.05) is 89.6 Å². The number of nitrogens with zero attached hydrogens (tertiary/aromatic N) is 5. The number of fused-ring (bicyclic) bond motifs is 13. The van der Waals surface area contributed by atoms with E-state index in [1.807, 2.05) is 272 Å². The van der Waals surface area contributed by atoms with Crippen molar-refractivity contribution in [3.63, 3.8) is 0 Å². The van der Waals surface area contributed by atoms with E-state index in [1.165, 1.54) is 110 Å². The van der Waals surface area contributed by atoms with Crippen LogP contribution in [0.1, 0.15) is 98.0 Å². The highest BCUT2D eigenvalue weighted by atomic mass is 32.1. The van der Waals surface area contributed by atoms with Crippen LogP contribution in [0.3, 0.4) is 0 Å². The fourth-order valence-corrected chi connectivity index (χ4v) is 17.5. The van der Waals surface area contributed by atoms with Crippen molar-refractivity contribution in [2.45, 2.75) is 109 Å². The minimum Gasteiger partial charge on any atom is -0.489 e. The van der Waals surface area contributed by atoms with Crippen molar-refractivity contribution in [1.29, 1.82) is 0 Å². The van der Waals surface area contributed by atoms with Crippen molar-refractivity contribution in [2.24, 2.45) is 5.92 Å². The van der Waals surface area contributed by atoms with Crippen molar-refractivity contribution in [3.8, 4) is 5.75 Å². The van der Waals surface area contributed by atoms with Gasteiger partial charge >= 0.3 is 5.63 Å². The number of rotatable bonds is 0. The van der Waals surface area contributed by atoms with Crippen molar-refractivity contribution in [3.05, 3.63) is 493 Å². The number of furan rings is 1. The Kier molecular flexibility index (Phi) is 35.2. The quantitative estimate of drug-likeness (QED) is 0.122. The van der Waals surface area contributed by atoms with E-state index in [4.69, 9.17) is 18.0 Å². The molecule has 16 heteroatoms. The van der Waals surface area contributed by atoms with Gasteiger partial charge in [0.15, 0.2) is 11.5 Å². The molecule has 696 valence electrons. The van der Waals surface area contributed by atoms with E-state index < -0.39 is 0 Å². The maximum absolute atomic E-state index is 11.2. The van der Waals surface area contributed by atoms with Crippen LogP contribution in [0, 0.1) is 82.1 Å². The van der Waals surface area contributed by atoms with Crippen molar-refractivity contribution in [1.82, 2.24) is 39.9 Å². The van der Waals surface area contributed by atoms with Gasteiger partial charge in [0.25, 0.3) is 5.56 Å². The van der Waals surface area contributed by atoms with E-state index in [0.717, 1.165) is 107 Å². The van der Waals surface area contributed by atoms with E-state index in [9.17, 15) is 9.59 Å². The van der Waals surface area contributed by atoms with Crippen LogP contribution in [-0.2, 0) is 12.8 Å². The number of pyridine rings is 3. The van der Waals surface area contributed by atoms with Gasteiger partial charge in [0.05, 0.1) is 31.8 Å². The van der Waals surface area contributed by atoms with Crippen LogP contribution >= 0.6 is 22.7 Å². The molecule has 14 nitrogen and oxygen atoms in total. The molecule has 1 aliphatic carbocycles. The zero-order valence-electron chi connectivity index (χ0n) is 80.9. The summed E-state index contributed by atoms with van der Waals surface area (Å²) < 4.78 is 23.8. The smallest absolute Gasteiger partial charge is 0.339 e. The van der Waals surface area contributed by atoms with Crippen LogP contribution in [0.15, 0.2) is 417 Å². The molecule has 14 aromatic carbocycles. The first-order valence-corrected chi connectivity index (χ1v) is 48.3. The van der Waals surface area contributed by atoms with Gasteiger partial charge < -0.3 is 32.9 Å².